The summed E-state index contributed by atoms with van der Waals surface area (Å²) in [4.78, 5) is 14.5. The Morgan fingerprint density at radius 1 is 1.47 bits per heavy atom. The first-order valence-corrected chi connectivity index (χ1v) is 6.81. The lowest BCUT2D eigenvalue weighted by molar-refractivity contribution is -0.138. The Morgan fingerprint density at radius 3 is 2.88 bits per heavy atom. The molecule has 4 nitrogen and oxygen atoms in total. The van der Waals surface area contributed by atoms with Crippen molar-refractivity contribution in [1.82, 2.24) is 4.90 Å². The van der Waals surface area contributed by atoms with Crippen LogP contribution < -0.4 is 5.73 Å². The highest BCUT2D eigenvalue weighted by Crippen LogP contribution is 2.30. The monoisotopic (exact) mass is 240 g/mol. The summed E-state index contributed by atoms with van der Waals surface area (Å²) in [7, 11) is 0. The highest BCUT2D eigenvalue weighted by molar-refractivity contribution is 5.80. The summed E-state index contributed by atoms with van der Waals surface area (Å²) >= 11 is 0. The second-order valence-corrected chi connectivity index (χ2v) is 5.31. The lowest BCUT2D eigenvalue weighted by Crippen LogP contribution is -2.46. The quantitative estimate of drug-likeness (QED) is 0.800. The number of hydrogen-bond donors (Lipinski definition) is 1. The van der Waals surface area contributed by atoms with Crippen LogP contribution in [0.25, 0.3) is 0 Å². The summed E-state index contributed by atoms with van der Waals surface area (Å²) in [6.45, 7) is 6.45. The van der Waals surface area contributed by atoms with Crippen molar-refractivity contribution in [1.29, 1.82) is 0 Å². The fraction of sp³-hybridized carbons (Fsp3) is 0.923. The van der Waals surface area contributed by atoms with E-state index in [2.05, 4.69) is 13.8 Å². The summed E-state index contributed by atoms with van der Waals surface area (Å²) in [6, 6.07) is 0.237. The average Bonchev–Trinajstić information content (AvgIpc) is 2.93. The van der Waals surface area contributed by atoms with Crippen LogP contribution in [0.15, 0.2) is 0 Å². The zero-order valence-corrected chi connectivity index (χ0v) is 10.9. The van der Waals surface area contributed by atoms with Crippen LogP contribution in [0.2, 0.25) is 0 Å². The van der Waals surface area contributed by atoms with Crippen LogP contribution in [0.4, 0.5) is 0 Å². The lowest BCUT2D eigenvalue weighted by atomic mass is 9.96. The summed E-state index contributed by atoms with van der Waals surface area (Å²) in [5.74, 6) is 0.875. The number of nitrogens with two attached hydrogens (primary N) is 1. The first-order valence-electron chi connectivity index (χ1n) is 6.81. The molecule has 0 spiro atoms. The molecule has 2 N–H and O–H groups in total. The molecule has 2 fully saturated rings. The Bertz CT molecular complexity index is 283. The van der Waals surface area contributed by atoms with Gasteiger partial charge in [-0.15, -0.1) is 0 Å². The third kappa shape index (κ3) is 2.33. The van der Waals surface area contributed by atoms with Gasteiger partial charge < -0.3 is 15.4 Å². The van der Waals surface area contributed by atoms with Gasteiger partial charge in [0.15, 0.2) is 0 Å². The van der Waals surface area contributed by atoms with Gasteiger partial charge in [-0.1, -0.05) is 13.8 Å². The molecule has 17 heavy (non-hydrogen) atoms. The van der Waals surface area contributed by atoms with Crippen LogP contribution >= 0.6 is 0 Å². The van der Waals surface area contributed by atoms with E-state index in [4.69, 9.17) is 10.5 Å². The first-order chi connectivity index (χ1) is 8.19. The Hall–Kier alpha value is -0.610. The molecule has 0 radical (unpaired) electrons. The van der Waals surface area contributed by atoms with E-state index in [0.717, 1.165) is 32.4 Å². The number of nitrogens with zero attached hydrogens (tertiary/aromatic N) is 1. The van der Waals surface area contributed by atoms with Crippen LogP contribution in [-0.2, 0) is 9.53 Å². The molecule has 0 aromatic heterocycles. The molecular weight excluding hydrogens is 216 g/mol. The molecule has 4 unspecified atom stereocenters. The van der Waals surface area contributed by atoms with E-state index >= 15 is 0 Å². The van der Waals surface area contributed by atoms with Gasteiger partial charge in [-0.3, -0.25) is 4.79 Å². The van der Waals surface area contributed by atoms with Crippen LogP contribution in [0.3, 0.4) is 0 Å². The first kappa shape index (κ1) is 12.8. The minimum atomic E-state index is 0.0688. The van der Waals surface area contributed by atoms with E-state index in [9.17, 15) is 4.79 Å². The van der Waals surface area contributed by atoms with Gasteiger partial charge in [0.1, 0.15) is 0 Å². The topological polar surface area (TPSA) is 55.6 Å². The standard InChI is InChI=1S/C13H24N2O2/c1-3-12-10(5-7-17-12)13(16)15-6-4-9(2)11(15)8-14/h9-12H,3-8,14H2,1-2H3. The van der Waals surface area contributed by atoms with E-state index in [0.29, 0.717) is 12.5 Å². The number of amides is 1. The minimum Gasteiger partial charge on any atom is -0.377 e. The largest absolute Gasteiger partial charge is 0.377 e. The molecule has 2 rings (SSSR count). The third-order valence-electron chi connectivity index (χ3n) is 4.34. The summed E-state index contributed by atoms with van der Waals surface area (Å²) in [6.07, 6.45) is 3.00. The minimum absolute atomic E-state index is 0.0688. The van der Waals surface area contributed by atoms with Gasteiger partial charge in [0.05, 0.1) is 12.0 Å². The van der Waals surface area contributed by atoms with E-state index < -0.39 is 0 Å². The van der Waals surface area contributed by atoms with E-state index in [1.54, 1.807) is 0 Å². The molecule has 98 valence electrons. The maximum absolute atomic E-state index is 12.5. The van der Waals surface area contributed by atoms with Crippen molar-refractivity contribution < 1.29 is 9.53 Å². The molecule has 2 aliphatic rings. The zero-order valence-electron chi connectivity index (χ0n) is 10.9. The molecule has 0 aliphatic carbocycles. The lowest BCUT2D eigenvalue weighted by Gasteiger charge is -2.29. The smallest absolute Gasteiger partial charge is 0.228 e. The Labute approximate surface area is 103 Å². The number of ether oxygens (including phenoxy) is 1. The van der Waals surface area contributed by atoms with Gasteiger partial charge in [-0.2, -0.15) is 0 Å². The maximum atomic E-state index is 12.5. The zero-order chi connectivity index (χ0) is 12.4. The van der Waals surface area contributed by atoms with Crippen molar-refractivity contribution in [2.75, 3.05) is 19.7 Å². The van der Waals surface area contributed by atoms with Crippen LogP contribution in [0, 0.1) is 11.8 Å². The normalized spacial score (nSPS) is 37.7. The average molecular weight is 240 g/mol. The van der Waals surface area contributed by atoms with Crippen molar-refractivity contribution in [3.05, 3.63) is 0 Å². The van der Waals surface area contributed by atoms with Gasteiger partial charge in [0.2, 0.25) is 5.91 Å². The molecule has 2 saturated heterocycles. The molecule has 4 atom stereocenters. The van der Waals surface area contributed by atoms with Crippen molar-refractivity contribution in [3.8, 4) is 0 Å². The van der Waals surface area contributed by atoms with Gasteiger partial charge in [-0.25, -0.2) is 0 Å². The number of carbonyl (C=O) groups is 1. The Balaban J connectivity index is 2.04. The Kier molecular flexibility index (Phi) is 4.05. The van der Waals surface area contributed by atoms with E-state index in [-0.39, 0.29) is 24.0 Å². The predicted octanol–water partition coefficient (Wildman–Crippen LogP) is 0.997. The van der Waals surface area contributed by atoms with Crippen molar-refractivity contribution in [3.63, 3.8) is 0 Å². The van der Waals surface area contributed by atoms with Gasteiger partial charge in [0, 0.05) is 25.7 Å². The second-order valence-electron chi connectivity index (χ2n) is 5.31. The molecule has 0 aromatic rings. The molecule has 2 heterocycles. The van der Waals surface area contributed by atoms with Crippen molar-refractivity contribution in [2.24, 2.45) is 17.6 Å². The van der Waals surface area contributed by atoms with Crippen molar-refractivity contribution in [2.45, 2.75) is 45.3 Å². The molecule has 2 aliphatic heterocycles. The fourth-order valence-corrected chi connectivity index (χ4v) is 3.19. The fourth-order valence-electron chi connectivity index (χ4n) is 3.19. The number of likely N-dealkylation sites (tertiary alicyclic amines) is 1. The number of rotatable bonds is 3. The van der Waals surface area contributed by atoms with E-state index in [1.807, 2.05) is 4.90 Å². The van der Waals surface area contributed by atoms with Crippen LogP contribution in [0.1, 0.15) is 33.1 Å². The Morgan fingerprint density at radius 2 is 2.24 bits per heavy atom. The third-order valence-corrected chi connectivity index (χ3v) is 4.34. The number of carbonyl (C=O) groups excluding carboxylic acids is 1. The highest BCUT2D eigenvalue weighted by atomic mass is 16.5. The molecule has 0 bridgehead atoms. The molecule has 1 amide bonds. The molecule has 0 aromatic carbocycles. The molecule has 4 heteroatoms. The molecular formula is C13H24N2O2. The maximum Gasteiger partial charge on any atom is 0.228 e. The SMILES string of the molecule is CCC1OCCC1C(=O)N1CCC(C)C1CN. The van der Waals surface area contributed by atoms with Crippen molar-refractivity contribution >= 4 is 5.91 Å². The summed E-state index contributed by atoms with van der Waals surface area (Å²) in [5.41, 5.74) is 5.79. The van der Waals surface area contributed by atoms with Gasteiger partial charge in [-0.05, 0) is 25.2 Å². The van der Waals surface area contributed by atoms with Crippen LogP contribution in [-0.4, -0.2) is 42.6 Å². The number of hydrogen-bond acceptors (Lipinski definition) is 3. The highest BCUT2D eigenvalue weighted by Gasteiger charge is 2.40. The summed E-state index contributed by atoms with van der Waals surface area (Å²) in [5, 5.41) is 0. The van der Waals surface area contributed by atoms with Gasteiger partial charge >= 0.3 is 0 Å². The summed E-state index contributed by atoms with van der Waals surface area (Å²) < 4.78 is 5.61. The molecule has 0 saturated carbocycles. The van der Waals surface area contributed by atoms with Gasteiger partial charge in [0.25, 0.3) is 0 Å². The predicted molar refractivity (Wildman–Crippen MR) is 66.5 cm³/mol. The second kappa shape index (κ2) is 5.36. The van der Waals surface area contributed by atoms with E-state index in [1.165, 1.54) is 0 Å². The van der Waals surface area contributed by atoms with Crippen LogP contribution in [0.5, 0.6) is 0 Å².